The van der Waals surface area contributed by atoms with Crippen LogP contribution in [0.1, 0.15) is 5.56 Å². The lowest BCUT2D eigenvalue weighted by atomic mass is 10.0. The third-order valence-electron chi connectivity index (χ3n) is 7.63. The molecule has 0 spiro atoms. The zero-order valence-electron chi connectivity index (χ0n) is 19.8. The van der Waals surface area contributed by atoms with Gasteiger partial charge in [0.05, 0.1) is 28.8 Å². The highest BCUT2D eigenvalue weighted by molar-refractivity contribution is 6.31. The summed E-state index contributed by atoms with van der Waals surface area (Å²) in [5, 5.41) is 21.6. The summed E-state index contributed by atoms with van der Waals surface area (Å²) in [7, 11) is 1.92. The van der Waals surface area contributed by atoms with Gasteiger partial charge < -0.3 is 10.0 Å². The van der Waals surface area contributed by atoms with Gasteiger partial charge in [-0.3, -0.25) is 9.48 Å². The van der Waals surface area contributed by atoms with Crippen molar-refractivity contribution >= 4 is 45.2 Å². The zero-order valence-corrected chi connectivity index (χ0v) is 20.5. The Morgan fingerprint density at radius 3 is 2.61 bits per heavy atom. The van der Waals surface area contributed by atoms with Crippen molar-refractivity contribution in [3.63, 3.8) is 0 Å². The smallest absolute Gasteiger partial charge is 0.307 e. The van der Waals surface area contributed by atoms with Crippen LogP contribution in [-0.4, -0.2) is 48.7 Å². The molecule has 2 aromatic carbocycles. The molecule has 36 heavy (non-hydrogen) atoms. The highest BCUT2D eigenvalue weighted by atomic mass is 35.5. The first-order valence-corrected chi connectivity index (χ1v) is 12.3. The fourth-order valence-electron chi connectivity index (χ4n) is 5.93. The van der Waals surface area contributed by atoms with Crippen molar-refractivity contribution in [3.05, 3.63) is 65.4 Å². The molecule has 3 aromatic heterocycles. The molecule has 1 aliphatic carbocycles. The molecule has 9 heteroatoms. The molecule has 5 aromatic rings. The minimum absolute atomic E-state index is 0.187. The predicted octanol–water partition coefficient (Wildman–Crippen LogP) is 4.70. The Labute approximate surface area is 211 Å². The molecule has 0 radical (unpaired) electrons. The number of anilines is 1. The summed E-state index contributed by atoms with van der Waals surface area (Å²) in [6, 6.07) is 14.0. The van der Waals surface area contributed by atoms with Crippen LogP contribution in [0.15, 0.2) is 54.9 Å². The number of piperidine rings is 1. The average molecular weight is 499 g/mol. The molecule has 1 saturated heterocycles. The molecule has 7 rings (SSSR count). The zero-order chi connectivity index (χ0) is 24.7. The summed E-state index contributed by atoms with van der Waals surface area (Å²) in [6.07, 6.45) is 3.85. The van der Waals surface area contributed by atoms with Crippen molar-refractivity contribution in [1.82, 2.24) is 24.5 Å². The first-order valence-electron chi connectivity index (χ1n) is 11.9. The monoisotopic (exact) mass is 498 g/mol. The first-order chi connectivity index (χ1) is 17.4. The van der Waals surface area contributed by atoms with E-state index in [1.807, 2.05) is 72.1 Å². The number of halogens is 1. The van der Waals surface area contributed by atoms with E-state index in [9.17, 15) is 9.90 Å². The van der Waals surface area contributed by atoms with E-state index >= 15 is 0 Å². The standard InChI is InChI=1S/C27H23ClN6O2/c1-14-8-15(28)9-18-25(17-4-3-5-22-19(17)11-32(2)30-22)31-34(26(14)18)16-6-7-23(29-10-16)33-12-20-21(13-33)24(20)27(35)36/h3-11,20-21,24H,12-13H2,1-2H3,(H,35,36). The van der Waals surface area contributed by atoms with E-state index in [0.29, 0.717) is 5.02 Å². The van der Waals surface area contributed by atoms with Gasteiger partial charge in [-0.1, -0.05) is 23.7 Å². The number of carbonyl (C=O) groups is 1. The van der Waals surface area contributed by atoms with Crippen molar-refractivity contribution in [2.45, 2.75) is 6.92 Å². The summed E-state index contributed by atoms with van der Waals surface area (Å²) >= 11 is 6.49. The number of benzene rings is 2. The van der Waals surface area contributed by atoms with Crippen LogP contribution in [0.2, 0.25) is 5.02 Å². The third kappa shape index (κ3) is 3.14. The second-order valence-electron chi connectivity index (χ2n) is 9.89. The minimum Gasteiger partial charge on any atom is -0.481 e. The summed E-state index contributed by atoms with van der Waals surface area (Å²) in [5.74, 6) is 0.486. The van der Waals surface area contributed by atoms with E-state index in [2.05, 4.69) is 16.1 Å². The molecule has 2 unspecified atom stereocenters. The van der Waals surface area contributed by atoms with E-state index in [1.165, 1.54) is 0 Å². The third-order valence-corrected chi connectivity index (χ3v) is 7.85. The molecule has 180 valence electrons. The van der Waals surface area contributed by atoms with Gasteiger partial charge in [0.15, 0.2) is 0 Å². The van der Waals surface area contributed by atoms with Gasteiger partial charge in [0.2, 0.25) is 0 Å². The Balaban J connectivity index is 1.31. The Morgan fingerprint density at radius 1 is 1.08 bits per heavy atom. The summed E-state index contributed by atoms with van der Waals surface area (Å²) in [4.78, 5) is 18.2. The van der Waals surface area contributed by atoms with E-state index in [4.69, 9.17) is 21.7 Å². The van der Waals surface area contributed by atoms with Crippen molar-refractivity contribution in [1.29, 1.82) is 0 Å². The van der Waals surface area contributed by atoms with Crippen LogP contribution in [0.5, 0.6) is 0 Å². The van der Waals surface area contributed by atoms with Gasteiger partial charge in [-0.15, -0.1) is 0 Å². The lowest BCUT2D eigenvalue weighted by Crippen LogP contribution is -2.26. The second kappa shape index (κ2) is 7.54. The molecule has 2 aliphatic rings. The number of aryl methyl sites for hydroxylation is 2. The van der Waals surface area contributed by atoms with Crippen molar-refractivity contribution < 1.29 is 9.90 Å². The summed E-state index contributed by atoms with van der Waals surface area (Å²) in [6.45, 7) is 3.53. The maximum Gasteiger partial charge on any atom is 0.307 e. The number of aliphatic carboxylic acids is 1. The molecule has 1 saturated carbocycles. The number of rotatable bonds is 4. The molecule has 8 nitrogen and oxygen atoms in total. The Bertz CT molecular complexity index is 1680. The van der Waals surface area contributed by atoms with Gasteiger partial charge in [0.25, 0.3) is 0 Å². The topological polar surface area (TPSA) is 89.1 Å². The van der Waals surface area contributed by atoms with Crippen LogP contribution in [0.25, 0.3) is 38.8 Å². The molecule has 2 atom stereocenters. The number of nitrogens with zero attached hydrogens (tertiary/aromatic N) is 6. The number of aromatic nitrogens is 5. The quantitative estimate of drug-likeness (QED) is 0.386. The van der Waals surface area contributed by atoms with E-state index in [0.717, 1.165) is 63.2 Å². The fraction of sp³-hybridized carbons (Fsp3) is 0.259. The summed E-state index contributed by atoms with van der Waals surface area (Å²) < 4.78 is 3.75. The largest absolute Gasteiger partial charge is 0.481 e. The maximum absolute atomic E-state index is 11.3. The number of pyridine rings is 1. The molecule has 0 amide bonds. The Hall–Kier alpha value is -3.91. The first kappa shape index (κ1) is 21.4. The van der Waals surface area contributed by atoms with Crippen LogP contribution in [-0.2, 0) is 11.8 Å². The van der Waals surface area contributed by atoms with E-state index in [1.54, 1.807) is 0 Å². The number of fused-ring (bicyclic) bond motifs is 3. The molecule has 1 aliphatic heterocycles. The van der Waals surface area contributed by atoms with Gasteiger partial charge >= 0.3 is 5.97 Å². The Kier molecular flexibility index (Phi) is 4.48. The number of hydrogen-bond donors (Lipinski definition) is 1. The van der Waals surface area contributed by atoms with Crippen LogP contribution in [0.3, 0.4) is 0 Å². The van der Waals surface area contributed by atoms with Crippen LogP contribution in [0.4, 0.5) is 5.82 Å². The molecule has 2 fully saturated rings. The van der Waals surface area contributed by atoms with Crippen molar-refractivity contribution in [2.24, 2.45) is 24.8 Å². The van der Waals surface area contributed by atoms with Gasteiger partial charge in [-0.25, -0.2) is 9.67 Å². The van der Waals surface area contributed by atoms with Gasteiger partial charge in [-0.2, -0.15) is 10.2 Å². The van der Waals surface area contributed by atoms with Crippen LogP contribution >= 0.6 is 11.6 Å². The van der Waals surface area contributed by atoms with Crippen LogP contribution in [0, 0.1) is 24.7 Å². The Morgan fingerprint density at radius 2 is 1.89 bits per heavy atom. The van der Waals surface area contributed by atoms with Gasteiger partial charge in [0, 0.05) is 47.7 Å². The second-order valence-corrected chi connectivity index (χ2v) is 10.3. The molecular formula is C27H23ClN6O2. The molecule has 0 bridgehead atoms. The highest BCUT2D eigenvalue weighted by Crippen LogP contribution is 2.52. The normalized spacial score (nSPS) is 20.9. The number of carboxylic acid groups (broad SMARTS) is 1. The van der Waals surface area contributed by atoms with E-state index in [-0.39, 0.29) is 17.8 Å². The minimum atomic E-state index is -0.674. The van der Waals surface area contributed by atoms with Gasteiger partial charge in [0.1, 0.15) is 11.5 Å². The van der Waals surface area contributed by atoms with Crippen molar-refractivity contribution in [3.8, 4) is 16.9 Å². The van der Waals surface area contributed by atoms with Gasteiger partial charge in [-0.05, 0) is 54.7 Å². The SMILES string of the molecule is Cc1cc(Cl)cc2c(-c3cccc4nn(C)cc34)nn(-c3ccc(N4CC5C(C4)C5C(=O)O)nc3)c12. The molecule has 1 N–H and O–H groups in total. The van der Waals surface area contributed by atoms with E-state index < -0.39 is 5.97 Å². The predicted molar refractivity (Wildman–Crippen MR) is 139 cm³/mol. The maximum atomic E-state index is 11.3. The van der Waals surface area contributed by atoms with Crippen molar-refractivity contribution in [2.75, 3.05) is 18.0 Å². The lowest BCUT2D eigenvalue weighted by Gasteiger charge is -2.20. The lowest BCUT2D eigenvalue weighted by molar-refractivity contribution is -0.139. The highest BCUT2D eigenvalue weighted by Gasteiger charge is 2.60. The van der Waals surface area contributed by atoms with Crippen LogP contribution < -0.4 is 4.90 Å². The average Bonchev–Trinajstić information content (AvgIpc) is 3.18. The fourth-order valence-corrected chi connectivity index (χ4v) is 6.20. The summed E-state index contributed by atoms with van der Waals surface area (Å²) in [5.41, 5.74) is 5.62. The number of hydrogen-bond acceptors (Lipinski definition) is 5. The number of carboxylic acids is 1. The molecular weight excluding hydrogens is 476 g/mol. The molecule has 4 heterocycles.